The first-order chi connectivity index (χ1) is 8.92. The van der Waals surface area contributed by atoms with Gasteiger partial charge in [0.05, 0.1) is 10.4 Å². The van der Waals surface area contributed by atoms with Gasteiger partial charge in [0.25, 0.3) is 0 Å². The number of aromatic nitrogens is 3. The SMILES string of the molecule is c1cc2nccnc2c(-c2cc3sccc3s2)n1. The summed E-state index contributed by atoms with van der Waals surface area (Å²) in [4.78, 5) is 14.3. The van der Waals surface area contributed by atoms with Crippen LogP contribution in [0.3, 0.4) is 0 Å². The molecule has 5 heteroatoms. The first-order valence-corrected chi connectivity index (χ1v) is 7.14. The van der Waals surface area contributed by atoms with Crippen molar-refractivity contribution in [1.29, 1.82) is 0 Å². The van der Waals surface area contributed by atoms with E-state index in [2.05, 4.69) is 32.5 Å². The second-order valence-corrected chi connectivity index (χ2v) is 5.87. The fraction of sp³-hybridized carbons (Fsp3) is 0. The van der Waals surface area contributed by atoms with Gasteiger partial charge in [-0.2, -0.15) is 0 Å². The van der Waals surface area contributed by atoms with E-state index in [9.17, 15) is 0 Å². The molecular weight excluding hydrogens is 262 g/mol. The van der Waals surface area contributed by atoms with E-state index in [4.69, 9.17) is 0 Å². The lowest BCUT2D eigenvalue weighted by atomic mass is 10.2. The Morgan fingerprint density at radius 1 is 0.889 bits per heavy atom. The van der Waals surface area contributed by atoms with Crippen molar-refractivity contribution in [3.05, 3.63) is 42.2 Å². The Kier molecular flexibility index (Phi) is 2.15. The van der Waals surface area contributed by atoms with Crippen LogP contribution in [-0.2, 0) is 0 Å². The van der Waals surface area contributed by atoms with Gasteiger partial charge in [0, 0.05) is 28.0 Å². The van der Waals surface area contributed by atoms with Crippen LogP contribution in [0.5, 0.6) is 0 Å². The van der Waals surface area contributed by atoms with E-state index in [0.29, 0.717) is 0 Å². The van der Waals surface area contributed by atoms with E-state index in [1.807, 2.05) is 6.07 Å². The van der Waals surface area contributed by atoms with E-state index >= 15 is 0 Å². The molecule has 0 radical (unpaired) electrons. The summed E-state index contributed by atoms with van der Waals surface area (Å²) < 4.78 is 2.61. The molecule has 0 amide bonds. The summed E-state index contributed by atoms with van der Waals surface area (Å²) in [7, 11) is 0. The molecule has 0 unspecified atom stereocenters. The van der Waals surface area contributed by atoms with Crippen LogP contribution in [0.25, 0.3) is 31.0 Å². The van der Waals surface area contributed by atoms with E-state index in [1.165, 1.54) is 9.40 Å². The van der Waals surface area contributed by atoms with Crippen molar-refractivity contribution in [3.63, 3.8) is 0 Å². The van der Waals surface area contributed by atoms with Crippen LogP contribution in [0.4, 0.5) is 0 Å². The summed E-state index contributed by atoms with van der Waals surface area (Å²) in [6, 6.07) is 6.22. The highest BCUT2D eigenvalue weighted by Gasteiger charge is 2.10. The van der Waals surface area contributed by atoms with Gasteiger partial charge < -0.3 is 0 Å². The standard InChI is InChI=1S/C13H7N3S2/c1-3-15-13(12-8(1)14-4-5-16-12)11-7-10-9(18-11)2-6-17-10/h1-7H. The van der Waals surface area contributed by atoms with Crippen molar-refractivity contribution in [2.45, 2.75) is 0 Å². The number of rotatable bonds is 1. The van der Waals surface area contributed by atoms with Crippen molar-refractivity contribution < 1.29 is 0 Å². The second-order valence-electron chi connectivity index (χ2n) is 3.84. The van der Waals surface area contributed by atoms with Crippen LogP contribution in [0.15, 0.2) is 42.2 Å². The van der Waals surface area contributed by atoms with Crippen LogP contribution < -0.4 is 0 Å². The van der Waals surface area contributed by atoms with Crippen molar-refractivity contribution >= 4 is 43.1 Å². The third kappa shape index (κ3) is 1.45. The van der Waals surface area contributed by atoms with Crippen LogP contribution in [0, 0.1) is 0 Å². The Morgan fingerprint density at radius 2 is 1.83 bits per heavy atom. The third-order valence-electron chi connectivity index (χ3n) is 2.76. The summed E-state index contributed by atoms with van der Waals surface area (Å²) in [6.07, 6.45) is 5.21. The Hall–Kier alpha value is -1.85. The zero-order valence-corrected chi connectivity index (χ0v) is 10.8. The Balaban J connectivity index is 2.04. The van der Waals surface area contributed by atoms with Gasteiger partial charge in [0.15, 0.2) is 0 Å². The van der Waals surface area contributed by atoms with Crippen molar-refractivity contribution in [1.82, 2.24) is 15.0 Å². The van der Waals surface area contributed by atoms with Gasteiger partial charge in [0.1, 0.15) is 11.2 Å². The maximum Gasteiger partial charge on any atom is 0.116 e. The molecule has 0 aliphatic heterocycles. The Labute approximate surface area is 111 Å². The molecule has 4 rings (SSSR count). The van der Waals surface area contributed by atoms with Crippen molar-refractivity contribution in [2.24, 2.45) is 0 Å². The molecule has 0 saturated heterocycles. The first kappa shape index (κ1) is 10.1. The minimum absolute atomic E-state index is 0.869. The number of fused-ring (bicyclic) bond motifs is 2. The minimum atomic E-state index is 0.869. The van der Waals surface area contributed by atoms with Gasteiger partial charge in [-0.3, -0.25) is 15.0 Å². The Morgan fingerprint density at radius 3 is 2.78 bits per heavy atom. The molecule has 0 bridgehead atoms. The Bertz CT molecular complexity index is 814. The molecule has 0 atom stereocenters. The monoisotopic (exact) mass is 269 g/mol. The summed E-state index contributed by atoms with van der Waals surface area (Å²) in [6.45, 7) is 0. The highest BCUT2D eigenvalue weighted by atomic mass is 32.1. The lowest BCUT2D eigenvalue weighted by molar-refractivity contribution is 1.25. The average molecular weight is 269 g/mol. The zero-order chi connectivity index (χ0) is 11.9. The van der Waals surface area contributed by atoms with Crippen molar-refractivity contribution in [3.8, 4) is 10.6 Å². The molecule has 0 aliphatic rings. The average Bonchev–Trinajstić information content (AvgIpc) is 2.99. The quantitative estimate of drug-likeness (QED) is 0.525. The minimum Gasteiger partial charge on any atom is -0.253 e. The summed E-state index contributed by atoms with van der Waals surface area (Å²) in [5.74, 6) is 0. The lowest BCUT2D eigenvalue weighted by Gasteiger charge is -2.00. The van der Waals surface area contributed by atoms with E-state index in [1.54, 1.807) is 41.3 Å². The molecule has 18 heavy (non-hydrogen) atoms. The molecule has 0 aromatic carbocycles. The molecule has 4 heterocycles. The fourth-order valence-corrected chi connectivity index (χ4v) is 4.07. The van der Waals surface area contributed by atoms with Crippen LogP contribution >= 0.6 is 22.7 Å². The number of pyridine rings is 1. The van der Waals surface area contributed by atoms with Gasteiger partial charge in [0.2, 0.25) is 0 Å². The highest BCUT2D eigenvalue weighted by Crippen LogP contribution is 2.37. The normalized spacial score (nSPS) is 11.3. The number of nitrogens with zero attached hydrogens (tertiary/aromatic N) is 3. The molecule has 0 aliphatic carbocycles. The van der Waals surface area contributed by atoms with Gasteiger partial charge >= 0.3 is 0 Å². The van der Waals surface area contributed by atoms with Crippen molar-refractivity contribution in [2.75, 3.05) is 0 Å². The summed E-state index contributed by atoms with van der Waals surface area (Å²) >= 11 is 3.51. The maximum absolute atomic E-state index is 4.46. The van der Waals surface area contributed by atoms with Gasteiger partial charge in [-0.15, -0.1) is 22.7 Å². The highest BCUT2D eigenvalue weighted by molar-refractivity contribution is 7.28. The van der Waals surface area contributed by atoms with Gasteiger partial charge in [-0.05, 0) is 23.6 Å². The third-order valence-corrected chi connectivity index (χ3v) is 4.86. The number of hydrogen-bond acceptors (Lipinski definition) is 5. The van der Waals surface area contributed by atoms with Crippen LogP contribution in [0.2, 0.25) is 0 Å². The predicted octanol–water partition coefficient (Wildman–Crippen LogP) is 3.97. The summed E-state index contributed by atoms with van der Waals surface area (Å²) in [5, 5.41) is 2.11. The second kappa shape index (κ2) is 3.83. The molecular formula is C13H7N3S2. The zero-order valence-electron chi connectivity index (χ0n) is 9.20. The smallest absolute Gasteiger partial charge is 0.116 e. The molecule has 3 nitrogen and oxygen atoms in total. The van der Waals surface area contributed by atoms with Crippen LogP contribution in [0.1, 0.15) is 0 Å². The molecule has 4 aromatic heterocycles. The fourth-order valence-electron chi connectivity index (χ4n) is 1.96. The largest absolute Gasteiger partial charge is 0.253 e. The number of hydrogen-bond donors (Lipinski definition) is 0. The van der Waals surface area contributed by atoms with Gasteiger partial charge in [-0.25, -0.2) is 0 Å². The molecule has 0 spiro atoms. The topological polar surface area (TPSA) is 38.7 Å². The number of thiophene rings is 2. The molecule has 0 saturated carbocycles. The van der Waals surface area contributed by atoms with Crippen LogP contribution in [-0.4, -0.2) is 15.0 Å². The van der Waals surface area contributed by atoms with E-state index in [-0.39, 0.29) is 0 Å². The lowest BCUT2D eigenvalue weighted by Crippen LogP contribution is -1.88. The predicted molar refractivity (Wildman–Crippen MR) is 76.0 cm³/mol. The summed E-state index contributed by atoms with van der Waals surface area (Å²) in [5.41, 5.74) is 2.68. The molecule has 4 aromatic rings. The van der Waals surface area contributed by atoms with E-state index in [0.717, 1.165) is 21.6 Å². The first-order valence-electron chi connectivity index (χ1n) is 5.45. The molecule has 0 N–H and O–H groups in total. The molecule has 86 valence electrons. The molecule has 0 fully saturated rings. The van der Waals surface area contributed by atoms with E-state index < -0.39 is 0 Å². The van der Waals surface area contributed by atoms with Gasteiger partial charge in [-0.1, -0.05) is 0 Å². The maximum atomic E-state index is 4.46.